The molecule has 2 saturated carbocycles. The van der Waals surface area contributed by atoms with Gasteiger partial charge in [-0.2, -0.15) is 0 Å². The van der Waals surface area contributed by atoms with E-state index in [1.807, 2.05) is 20.8 Å². The number of aliphatic carboxylic acids is 1. The SMILES string of the molecule is Cc1ccc(-c2c(C)c3c(c(C)c2C(OC(C)(C)C)C(=O)O)CCN(C2CC4CCC(C4)C2)C3)cc1. The van der Waals surface area contributed by atoms with Crippen LogP contribution in [0.25, 0.3) is 11.1 Å². The lowest BCUT2D eigenvalue weighted by Crippen LogP contribution is -2.43. The molecule has 2 aliphatic carbocycles. The molecule has 1 aliphatic heterocycles. The van der Waals surface area contributed by atoms with Crippen LogP contribution in [0.5, 0.6) is 0 Å². The predicted octanol–water partition coefficient (Wildman–Crippen LogP) is 7.16. The van der Waals surface area contributed by atoms with Crippen molar-refractivity contribution in [3.63, 3.8) is 0 Å². The minimum atomic E-state index is -1.00. The average Bonchev–Trinajstić information content (AvgIpc) is 3.17. The van der Waals surface area contributed by atoms with E-state index in [0.29, 0.717) is 6.04 Å². The van der Waals surface area contributed by atoms with Crippen LogP contribution in [-0.4, -0.2) is 34.2 Å². The Morgan fingerprint density at radius 2 is 1.61 bits per heavy atom. The van der Waals surface area contributed by atoms with Gasteiger partial charge < -0.3 is 9.84 Å². The number of carboxylic acid groups (broad SMARTS) is 1. The van der Waals surface area contributed by atoms with Crippen molar-refractivity contribution >= 4 is 5.97 Å². The Morgan fingerprint density at radius 1 is 0.972 bits per heavy atom. The number of nitrogens with zero attached hydrogens (tertiary/aromatic N) is 1. The van der Waals surface area contributed by atoms with Crippen LogP contribution in [-0.2, 0) is 22.5 Å². The largest absolute Gasteiger partial charge is 0.479 e. The molecule has 2 bridgehead atoms. The van der Waals surface area contributed by atoms with Crippen LogP contribution in [0.4, 0.5) is 0 Å². The van der Waals surface area contributed by atoms with Crippen molar-refractivity contribution in [3.05, 3.63) is 57.6 Å². The molecule has 0 saturated heterocycles. The summed E-state index contributed by atoms with van der Waals surface area (Å²) in [5.41, 5.74) is 8.68. The molecule has 4 heteroatoms. The minimum absolute atomic E-state index is 0.568. The van der Waals surface area contributed by atoms with Crippen LogP contribution in [0.15, 0.2) is 24.3 Å². The van der Waals surface area contributed by atoms with Gasteiger partial charge >= 0.3 is 5.97 Å². The molecule has 0 aromatic heterocycles. The first-order valence-electron chi connectivity index (χ1n) is 13.9. The van der Waals surface area contributed by atoms with Gasteiger partial charge in [-0.3, -0.25) is 4.90 Å². The quantitative estimate of drug-likeness (QED) is 0.484. The van der Waals surface area contributed by atoms with Gasteiger partial charge in [0.2, 0.25) is 0 Å². The highest BCUT2D eigenvalue weighted by atomic mass is 16.5. The van der Waals surface area contributed by atoms with Gasteiger partial charge in [0.05, 0.1) is 5.60 Å². The number of ether oxygens (including phenoxy) is 1. The van der Waals surface area contributed by atoms with Crippen molar-refractivity contribution in [1.82, 2.24) is 4.90 Å². The molecule has 4 nitrogen and oxygen atoms in total. The second kappa shape index (κ2) is 9.61. The molecule has 1 N–H and O–H groups in total. The zero-order chi connectivity index (χ0) is 25.8. The van der Waals surface area contributed by atoms with Gasteiger partial charge in [-0.05, 0) is 112 Å². The number of carboxylic acids is 1. The minimum Gasteiger partial charge on any atom is -0.479 e. The van der Waals surface area contributed by atoms with Crippen molar-refractivity contribution in [2.24, 2.45) is 11.8 Å². The summed E-state index contributed by atoms with van der Waals surface area (Å²) in [4.78, 5) is 15.4. The predicted molar refractivity (Wildman–Crippen MR) is 145 cm³/mol. The number of rotatable bonds is 5. The highest BCUT2D eigenvalue weighted by Crippen LogP contribution is 2.46. The zero-order valence-electron chi connectivity index (χ0n) is 23.0. The molecule has 2 aromatic rings. The number of aryl methyl sites for hydroxylation is 1. The second-order valence-corrected chi connectivity index (χ2v) is 12.7. The molecule has 3 atom stereocenters. The molecule has 2 aromatic carbocycles. The molecule has 194 valence electrons. The van der Waals surface area contributed by atoms with Crippen LogP contribution in [0.3, 0.4) is 0 Å². The number of carbonyl (C=O) groups is 1. The first-order chi connectivity index (χ1) is 17.0. The molecule has 5 rings (SSSR count). The van der Waals surface area contributed by atoms with Gasteiger partial charge in [-0.15, -0.1) is 0 Å². The van der Waals surface area contributed by atoms with Crippen LogP contribution in [0.1, 0.15) is 92.4 Å². The van der Waals surface area contributed by atoms with Gasteiger partial charge in [0, 0.05) is 24.7 Å². The highest BCUT2D eigenvalue weighted by Gasteiger charge is 2.39. The van der Waals surface area contributed by atoms with E-state index < -0.39 is 17.7 Å². The topological polar surface area (TPSA) is 49.8 Å². The molecule has 0 radical (unpaired) electrons. The van der Waals surface area contributed by atoms with E-state index in [-0.39, 0.29) is 0 Å². The molecular formula is C32H43NO3. The lowest BCUT2D eigenvalue weighted by molar-refractivity contribution is -0.160. The summed E-state index contributed by atoms with van der Waals surface area (Å²) >= 11 is 0. The summed E-state index contributed by atoms with van der Waals surface area (Å²) in [6.07, 6.45) is 6.99. The number of fused-ring (bicyclic) bond motifs is 3. The number of benzene rings is 2. The molecule has 1 heterocycles. The van der Waals surface area contributed by atoms with E-state index in [1.54, 1.807) is 0 Å². The summed E-state index contributed by atoms with van der Waals surface area (Å²) in [7, 11) is 0. The first kappa shape index (κ1) is 25.5. The van der Waals surface area contributed by atoms with Crippen LogP contribution in [0, 0.1) is 32.6 Å². The molecule has 3 aliphatic rings. The van der Waals surface area contributed by atoms with Gasteiger partial charge in [0.15, 0.2) is 6.10 Å². The maximum absolute atomic E-state index is 12.6. The molecule has 0 amide bonds. The summed E-state index contributed by atoms with van der Waals surface area (Å²) in [5.74, 6) is 0.930. The van der Waals surface area contributed by atoms with Crippen molar-refractivity contribution in [2.45, 2.75) is 104 Å². The van der Waals surface area contributed by atoms with E-state index in [4.69, 9.17) is 4.74 Å². The van der Waals surface area contributed by atoms with E-state index in [2.05, 4.69) is 49.9 Å². The first-order valence-corrected chi connectivity index (χ1v) is 13.9. The maximum Gasteiger partial charge on any atom is 0.337 e. The maximum atomic E-state index is 12.6. The standard InChI is InChI=1S/C32H43NO3/c1-19-7-11-24(12-8-19)28-21(3)27-18-33(25-16-22-9-10-23(15-22)17-25)14-13-26(27)20(2)29(28)30(31(34)35)36-32(4,5)6/h7-8,11-12,22-23,25,30H,9-10,13-18H2,1-6H3,(H,34,35). The zero-order valence-corrected chi connectivity index (χ0v) is 23.0. The molecule has 2 fully saturated rings. The Kier molecular flexibility index (Phi) is 6.80. The molecular weight excluding hydrogens is 446 g/mol. The monoisotopic (exact) mass is 489 g/mol. The Morgan fingerprint density at radius 3 is 2.19 bits per heavy atom. The fraction of sp³-hybridized carbons (Fsp3) is 0.594. The van der Waals surface area contributed by atoms with Crippen molar-refractivity contribution < 1.29 is 14.6 Å². The van der Waals surface area contributed by atoms with Crippen molar-refractivity contribution in [1.29, 1.82) is 0 Å². The van der Waals surface area contributed by atoms with Crippen LogP contribution < -0.4 is 0 Å². The van der Waals surface area contributed by atoms with Crippen molar-refractivity contribution in [3.8, 4) is 11.1 Å². The van der Waals surface area contributed by atoms with E-state index in [1.165, 1.54) is 54.4 Å². The third kappa shape index (κ3) is 4.87. The fourth-order valence-electron chi connectivity index (χ4n) is 7.33. The Hall–Kier alpha value is -2.17. The Labute approximate surface area is 217 Å². The Bertz CT molecular complexity index is 1130. The molecule has 36 heavy (non-hydrogen) atoms. The summed E-state index contributed by atoms with van der Waals surface area (Å²) < 4.78 is 6.23. The van der Waals surface area contributed by atoms with Crippen LogP contribution in [0.2, 0.25) is 0 Å². The van der Waals surface area contributed by atoms with Crippen molar-refractivity contribution in [2.75, 3.05) is 6.54 Å². The Balaban J connectivity index is 1.62. The van der Waals surface area contributed by atoms with E-state index in [9.17, 15) is 9.90 Å². The van der Waals surface area contributed by atoms with Gasteiger partial charge in [0.25, 0.3) is 0 Å². The van der Waals surface area contributed by atoms with E-state index >= 15 is 0 Å². The lowest BCUT2D eigenvalue weighted by Gasteiger charge is -2.41. The molecule has 3 unspecified atom stereocenters. The van der Waals surface area contributed by atoms with E-state index in [0.717, 1.165) is 53.6 Å². The molecule has 0 spiro atoms. The third-order valence-corrected chi connectivity index (χ3v) is 9.00. The summed E-state index contributed by atoms with van der Waals surface area (Å²) in [6, 6.07) is 9.23. The van der Waals surface area contributed by atoms with Crippen LogP contribution >= 0.6 is 0 Å². The average molecular weight is 490 g/mol. The fourth-order valence-corrected chi connectivity index (χ4v) is 7.33. The number of hydrogen-bond acceptors (Lipinski definition) is 3. The summed E-state index contributed by atoms with van der Waals surface area (Å²) in [5, 5.41) is 10.4. The van der Waals surface area contributed by atoms with Gasteiger partial charge in [0.1, 0.15) is 0 Å². The summed E-state index contributed by atoms with van der Waals surface area (Å²) in [6.45, 7) is 14.3. The van der Waals surface area contributed by atoms with Gasteiger partial charge in [-0.1, -0.05) is 42.7 Å². The smallest absolute Gasteiger partial charge is 0.337 e. The van der Waals surface area contributed by atoms with Gasteiger partial charge in [-0.25, -0.2) is 4.79 Å². The number of hydrogen-bond donors (Lipinski definition) is 1. The third-order valence-electron chi connectivity index (χ3n) is 9.00. The normalized spacial score (nSPS) is 25.0. The second-order valence-electron chi connectivity index (χ2n) is 12.7. The lowest BCUT2D eigenvalue weighted by atomic mass is 9.78. The highest BCUT2D eigenvalue weighted by molar-refractivity contribution is 5.84.